The van der Waals surface area contributed by atoms with Gasteiger partial charge in [0.1, 0.15) is 11.3 Å². The summed E-state index contributed by atoms with van der Waals surface area (Å²) in [7, 11) is 0. The zero-order valence-electron chi connectivity index (χ0n) is 15.5. The smallest absolute Gasteiger partial charge is 0.295 e. The Labute approximate surface area is 162 Å². The molecule has 0 saturated carbocycles. The summed E-state index contributed by atoms with van der Waals surface area (Å²) in [4.78, 5) is 19.0. The molecule has 1 aliphatic rings. The van der Waals surface area contributed by atoms with Gasteiger partial charge in [-0.15, -0.1) is 0 Å². The average molecular weight is 374 g/mol. The number of fused-ring (bicyclic) bond motifs is 1. The van der Waals surface area contributed by atoms with Crippen LogP contribution in [0.3, 0.4) is 0 Å². The number of anilines is 1. The number of aromatic nitrogens is 4. The van der Waals surface area contributed by atoms with Crippen LogP contribution in [0.1, 0.15) is 18.5 Å². The van der Waals surface area contributed by atoms with Gasteiger partial charge in [-0.2, -0.15) is 4.98 Å². The lowest BCUT2D eigenvalue weighted by molar-refractivity contribution is 0.208. The van der Waals surface area contributed by atoms with E-state index >= 15 is 0 Å². The van der Waals surface area contributed by atoms with Crippen LogP contribution in [0, 0.1) is 0 Å². The number of oxazole rings is 1. The van der Waals surface area contributed by atoms with Crippen LogP contribution in [0.4, 0.5) is 6.01 Å². The van der Waals surface area contributed by atoms with E-state index in [1.165, 1.54) is 0 Å². The number of likely N-dealkylation sites (tertiary alicyclic amines) is 1. The van der Waals surface area contributed by atoms with Crippen molar-refractivity contribution in [3.05, 3.63) is 60.7 Å². The average Bonchev–Trinajstić information content (AvgIpc) is 3.36. The summed E-state index contributed by atoms with van der Waals surface area (Å²) in [6.45, 7) is 2.94. The third-order valence-corrected chi connectivity index (χ3v) is 5.18. The lowest BCUT2D eigenvalue weighted by atomic mass is 10.1. The van der Waals surface area contributed by atoms with Gasteiger partial charge in [0, 0.05) is 49.3 Å². The molecule has 1 aromatic carbocycles. The molecule has 7 heteroatoms. The van der Waals surface area contributed by atoms with Crippen molar-refractivity contribution >= 4 is 17.1 Å². The number of nitrogens with one attached hydrogen (secondary N) is 2. The van der Waals surface area contributed by atoms with Crippen LogP contribution in [0.2, 0.25) is 0 Å². The molecule has 142 valence electrons. The van der Waals surface area contributed by atoms with Gasteiger partial charge in [0.2, 0.25) is 0 Å². The molecular weight excluding hydrogens is 352 g/mol. The number of pyridine rings is 1. The highest BCUT2D eigenvalue weighted by Gasteiger charge is 2.21. The standard InChI is InChI=1S/C21H22N6O/c1-2-4-15(5-3-1)20-23-12-17(24-20)14-27-10-7-16(8-11-27)25-21-26-18-6-9-22-13-19(18)28-21/h1-6,9,12-13,16H,7-8,10-11,14H2,(H,23,24)(H,25,26). The van der Waals surface area contributed by atoms with E-state index in [9.17, 15) is 0 Å². The number of nitrogens with zero attached hydrogens (tertiary/aromatic N) is 4. The van der Waals surface area contributed by atoms with Crippen molar-refractivity contribution in [3.63, 3.8) is 0 Å². The first-order chi connectivity index (χ1) is 13.8. The second-order valence-corrected chi connectivity index (χ2v) is 7.18. The lowest BCUT2D eigenvalue weighted by Gasteiger charge is -2.31. The molecule has 0 unspecified atom stereocenters. The molecule has 0 bridgehead atoms. The Morgan fingerprint density at radius 1 is 1.11 bits per heavy atom. The number of hydrogen-bond acceptors (Lipinski definition) is 6. The van der Waals surface area contributed by atoms with Gasteiger partial charge in [0.05, 0.1) is 6.20 Å². The maximum absolute atomic E-state index is 5.73. The topological polar surface area (TPSA) is 82.9 Å². The van der Waals surface area contributed by atoms with E-state index in [1.807, 2.05) is 30.5 Å². The number of benzene rings is 1. The van der Waals surface area contributed by atoms with Crippen molar-refractivity contribution in [2.24, 2.45) is 0 Å². The highest BCUT2D eigenvalue weighted by Crippen LogP contribution is 2.22. The van der Waals surface area contributed by atoms with Crippen molar-refractivity contribution in [2.45, 2.75) is 25.4 Å². The fraction of sp³-hybridized carbons (Fsp3) is 0.286. The Morgan fingerprint density at radius 3 is 2.79 bits per heavy atom. The molecule has 1 fully saturated rings. The summed E-state index contributed by atoms with van der Waals surface area (Å²) in [5, 5.41) is 3.43. The minimum atomic E-state index is 0.374. The molecule has 0 radical (unpaired) electrons. The first kappa shape index (κ1) is 16.9. The van der Waals surface area contributed by atoms with Crippen molar-refractivity contribution < 1.29 is 4.42 Å². The van der Waals surface area contributed by atoms with E-state index in [0.717, 1.165) is 60.7 Å². The number of hydrogen-bond donors (Lipinski definition) is 2. The maximum Gasteiger partial charge on any atom is 0.295 e. The first-order valence-electron chi connectivity index (χ1n) is 9.62. The quantitative estimate of drug-likeness (QED) is 0.554. The zero-order valence-corrected chi connectivity index (χ0v) is 15.5. The van der Waals surface area contributed by atoms with E-state index in [4.69, 9.17) is 4.42 Å². The van der Waals surface area contributed by atoms with Crippen molar-refractivity contribution in [2.75, 3.05) is 18.4 Å². The summed E-state index contributed by atoms with van der Waals surface area (Å²) >= 11 is 0. The predicted octanol–water partition coefficient (Wildman–Crippen LogP) is 3.69. The number of rotatable bonds is 5. The van der Waals surface area contributed by atoms with Gasteiger partial charge < -0.3 is 14.7 Å². The zero-order chi connectivity index (χ0) is 18.8. The van der Waals surface area contributed by atoms with E-state index < -0.39 is 0 Å². The number of aromatic amines is 1. The Kier molecular flexibility index (Phi) is 4.50. The highest BCUT2D eigenvalue weighted by molar-refractivity contribution is 5.72. The number of imidazole rings is 1. The molecule has 7 nitrogen and oxygen atoms in total. The SMILES string of the molecule is c1ccc(-c2ncc(CN3CCC(Nc4nc5ccncc5o4)CC3)[nH]2)cc1. The molecule has 0 amide bonds. The van der Waals surface area contributed by atoms with Gasteiger partial charge in [-0.05, 0) is 18.9 Å². The molecule has 4 heterocycles. The summed E-state index contributed by atoms with van der Waals surface area (Å²) in [6.07, 6.45) is 7.47. The predicted molar refractivity (Wildman–Crippen MR) is 108 cm³/mol. The Hall–Kier alpha value is -3.19. The molecule has 28 heavy (non-hydrogen) atoms. The maximum atomic E-state index is 5.73. The van der Waals surface area contributed by atoms with Crippen LogP contribution in [0.15, 0.2) is 59.4 Å². The molecule has 3 aromatic heterocycles. The van der Waals surface area contributed by atoms with Crippen LogP contribution >= 0.6 is 0 Å². The molecular formula is C21H22N6O. The molecule has 0 atom stereocenters. The van der Waals surface area contributed by atoms with Gasteiger partial charge in [-0.3, -0.25) is 9.88 Å². The van der Waals surface area contributed by atoms with Crippen LogP contribution in [-0.4, -0.2) is 44.0 Å². The number of piperidine rings is 1. The fourth-order valence-electron chi connectivity index (χ4n) is 3.67. The van der Waals surface area contributed by atoms with Gasteiger partial charge in [-0.1, -0.05) is 30.3 Å². The highest BCUT2D eigenvalue weighted by atomic mass is 16.4. The molecule has 1 aliphatic heterocycles. The van der Waals surface area contributed by atoms with Gasteiger partial charge in [0.25, 0.3) is 6.01 Å². The molecule has 5 rings (SSSR count). The Morgan fingerprint density at radius 2 is 1.96 bits per heavy atom. The van der Waals surface area contributed by atoms with Crippen LogP contribution in [0.25, 0.3) is 22.5 Å². The largest absolute Gasteiger partial charge is 0.422 e. The van der Waals surface area contributed by atoms with Gasteiger partial charge >= 0.3 is 0 Å². The molecule has 0 aliphatic carbocycles. The lowest BCUT2D eigenvalue weighted by Crippen LogP contribution is -2.38. The van der Waals surface area contributed by atoms with E-state index in [0.29, 0.717) is 12.1 Å². The summed E-state index contributed by atoms with van der Waals surface area (Å²) in [6, 6.07) is 13.0. The summed E-state index contributed by atoms with van der Waals surface area (Å²) in [5.74, 6) is 0.928. The minimum absolute atomic E-state index is 0.374. The van der Waals surface area contributed by atoms with Gasteiger partial charge in [-0.25, -0.2) is 4.98 Å². The second-order valence-electron chi connectivity index (χ2n) is 7.18. The third-order valence-electron chi connectivity index (χ3n) is 5.18. The molecule has 4 aromatic rings. The first-order valence-corrected chi connectivity index (χ1v) is 9.62. The Bertz CT molecular complexity index is 1020. The van der Waals surface area contributed by atoms with Crippen molar-refractivity contribution in [1.29, 1.82) is 0 Å². The van der Waals surface area contributed by atoms with E-state index in [-0.39, 0.29) is 0 Å². The normalized spacial score (nSPS) is 15.9. The Balaban J connectivity index is 1.16. The second kappa shape index (κ2) is 7.44. The molecule has 2 N–H and O–H groups in total. The number of H-pyrrole nitrogens is 1. The van der Waals surface area contributed by atoms with E-state index in [2.05, 4.69) is 42.3 Å². The van der Waals surface area contributed by atoms with Crippen LogP contribution < -0.4 is 5.32 Å². The van der Waals surface area contributed by atoms with Crippen LogP contribution in [-0.2, 0) is 6.54 Å². The minimum Gasteiger partial charge on any atom is -0.422 e. The van der Waals surface area contributed by atoms with Crippen molar-refractivity contribution in [1.82, 2.24) is 24.8 Å². The molecule has 1 saturated heterocycles. The van der Waals surface area contributed by atoms with Crippen molar-refractivity contribution in [3.8, 4) is 11.4 Å². The van der Waals surface area contributed by atoms with Crippen LogP contribution in [0.5, 0.6) is 0 Å². The summed E-state index contributed by atoms with van der Waals surface area (Å²) in [5.41, 5.74) is 3.82. The monoisotopic (exact) mass is 374 g/mol. The summed E-state index contributed by atoms with van der Waals surface area (Å²) < 4.78 is 5.73. The van der Waals surface area contributed by atoms with E-state index in [1.54, 1.807) is 12.4 Å². The fourth-order valence-corrected chi connectivity index (χ4v) is 3.67. The third kappa shape index (κ3) is 3.61. The molecule has 0 spiro atoms. The van der Waals surface area contributed by atoms with Gasteiger partial charge in [0.15, 0.2) is 5.58 Å².